The zero-order valence-electron chi connectivity index (χ0n) is 40.6. The van der Waals surface area contributed by atoms with Gasteiger partial charge in [-0.15, -0.1) is 0 Å². The Labute approximate surface area is 438 Å². The van der Waals surface area contributed by atoms with Crippen LogP contribution in [0, 0.1) is 0 Å². The van der Waals surface area contributed by atoms with E-state index < -0.39 is 258 Å². The Morgan fingerprint density at radius 2 is 0.577 bits per heavy atom. The Kier molecular flexibility index (Phi) is 19.4. The van der Waals surface area contributed by atoms with Crippen LogP contribution in [-0.4, -0.2) is 401 Å². The summed E-state index contributed by atoms with van der Waals surface area (Å²) in [5.74, 6) is -8.95. The molecule has 7 heterocycles. The molecule has 7 aliphatic heterocycles. The highest BCUT2D eigenvalue weighted by molar-refractivity contribution is 5.36. The molecule has 0 radical (unpaired) electrons. The van der Waals surface area contributed by atoms with E-state index in [2.05, 4.69) is 0 Å². The van der Waals surface area contributed by atoms with Gasteiger partial charge in [0.2, 0.25) is 11.6 Å². The summed E-state index contributed by atoms with van der Waals surface area (Å²) in [5, 5.41) is 326. The van der Waals surface area contributed by atoms with Crippen molar-refractivity contribution >= 4 is 0 Å². The van der Waals surface area contributed by atoms with Crippen molar-refractivity contribution in [2.24, 2.45) is 0 Å². The van der Waals surface area contributed by atoms with E-state index in [-0.39, 0.29) is 0 Å². The summed E-state index contributed by atoms with van der Waals surface area (Å²) < 4.78 is 47.3. The molecule has 0 aromatic rings. The molecule has 0 aliphatic carbocycles. The van der Waals surface area contributed by atoms with Crippen molar-refractivity contribution in [2.45, 2.75) is 211 Å². The average molecular weight is 1150 g/mol. The lowest BCUT2D eigenvalue weighted by Gasteiger charge is -2.73. The minimum atomic E-state index is -5.13. The molecule has 7 saturated heterocycles. The van der Waals surface area contributed by atoms with Crippen molar-refractivity contribution in [3.05, 3.63) is 0 Å². The summed E-state index contributed by atoms with van der Waals surface area (Å²) in [4.78, 5) is 0. The fourth-order valence-electron chi connectivity index (χ4n) is 12.1. The Morgan fingerprint density at radius 3 is 0.949 bits per heavy atom. The van der Waals surface area contributed by atoms with Gasteiger partial charge in [-0.05, 0) is 0 Å². The van der Waals surface area contributed by atoms with Crippen molar-refractivity contribution in [3.8, 4) is 0 Å². The molecule has 7 fully saturated rings. The molecule has 7 aliphatic rings. The number of ether oxygens (including phenoxy) is 8. The third-order valence-electron chi connectivity index (χ3n) is 16.5. The molecule has 6 unspecified atom stereocenters. The fraction of sp³-hybridized carbons (Fsp3) is 1.00. The Hall–Kier alpha value is -1.44. The third kappa shape index (κ3) is 9.19. The van der Waals surface area contributed by atoms with Crippen LogP contribution in [0.1, 0.15) is 0 Å². The molecule has 0 amide bonds. The second kappa shape index (κ2) is 23.5. The van der Waals surface area contributed by atoms with Crippen molar-refractivity contribution in [3.63, 3.8) is 0 Å². The molecular weight excluding hydrogens is 1080 g/mol. The molecule has 0 aromatic carbocycles. The largest absolute Gasteiger partial charge is 0.394 e. The van der Waals surface area contributed by atoms with Crippen molar-refractivity contribution in [2.75, 3.05) is 46.2 Å². The van der Waals surface area contributed by atoms with Crippen molar-refractivity contribution in [1.29, 1.82) is 0 Å². The van der Waals surface area contributed by atoms with Crippen LogP contribution >= 0.6 is 0 Å². The summed E-state index contributed by atoms with van der Waals surface area (Å²) in [6, 6.07) is 0. The van der Waals surface area contributed by atoms with Crippen LogP contribution in [0.25, 0.3) is 0 Å². The Balaban J connectivity index is 1.75. The fourth-order valence-corrected chi connectivity index (χ4v) is 12.1. The first-order valence-corrected chi connectivity index (χ1v) is 24.5. The summed E-state index contributed by atoms with van der Waals surface area (Å²) in [6.45, 7) is -11.2. The summed E-state index contributed by atoms with van der Waals surface area (Å²) in [7, 11) is 0. The van der Waals surface area contributed by atoms with Gasteiger partial charge in [0.1, 0.15) is 183 Å². The lowest BCUT2D eigenvalue weighted by Crippen LogP contribution is -2.99. The van der Waals surface area contributed by atoms with Crippen molar-refractivity contribution in [1.82, 2.24) is 0 Å². The van der Waals surface area contributed by atoms with Gasteiger partial charge in [0.25, 0.3) is 0 Å². The van der Waals surface area contributed by atoms with Crippen LogP contribution < -0.4 is 0 Å². The first kappa shape index (κ1) is 64.1. The molecule has 35 atom stereocenters. The normalized spacial score (nSPS) is 58.3. The van der Waals surface area contributed by atoms with E-state index in [1.807, 2.05) is 0 Å². The van der Waals surface area contributed by atoms with E-state index >= 15 is 0 Å². The number of aliphatic hydroxyl groups is 28. The minimum Gasteiger partial charge on any atom is -0.394 e. The standard InChI is InChI=1S/C42H72O36/c43-1-8-15(50)21(56)27(62)33(71-8)38(78-39(32(67)26(61)20(55)13(6-48)76-39)34-28(63)22(57)16(51)9(2-44)72-34)14(7-49)77-42(70,37-31(66)25(60)19(54)12(5-47)75-37)41(69,36-30(65)24(59)18(53)11(4-46)74-36)40(38,68)35-29(64)23(58)17(52)10(3-45)73-35/h8-37,43-70H,1-7H2/t8-,9-,10-,11-,12-,13-,14-,15+,16+,17+,18+,19+,20+,21+,22+,23+,24+,25+,26+,27-,28-,29-,30-,31-,32-,33?,34?,35?,36?,37?,38+,39-,40+,41-,42?/m1/s1. The molecule has 28 N–H and O–H groups in total. The van der Waals surface area contributed by atoms with Crippen LogP contribution in [0.5, 0.6) is 0 Å². The summed E-state index contributed by atoms with van der Waals surface area (Å²) in [6.07, 6.45) is -85.9. The molecule has 0 bridgehead atoms. The maximum atomic E-state index is 14.9. The van der Waals surface area contributed by atoms with E-state index in [1.165, 1.54) is 0 Å². The van der Waals surface area contributed by atoms with E-state index in [9.17, 15) is 143 Å². The highest BCUT2D eigenvalue weighted by atomic mass is 16.8. The number of hydrogen-bond acceptors (Lipinski definition) is 36. The molecule has 7 rings (SSSR count). The van der Waals surface area contributed by atoms with Gasteiger partial charge in [-0.2, -0.15) is 0 Å². The molecule has 456 valence electrons. The van der Waals surface area contributed by atoms with Gasteiger partial charge in [-0.3, -0.25) is 0 Å². The van der Waals surface area contributed by atoms with Gasteiger partial charge in [-0.25, -0.2) is 0 Å². The maximum Gasteiger partial charge on any atom is 0.231 e. The number of aliphatic hydroxyl groups excluding tert-OH is 25. The molecule has 36 nitrogen and oxygen atoms in total. The van der Waals surface area contributed by atoms with Gasteiger partial charge in [0.15, 0.2) is 16.8 Å². The first-order chi connectivity index (χ1) is 36.5. The van der Waals surface area contributed by atoms with Crippen molar-refractivity contribution < 1.29 is 181 Å². The lowest BCUT2D eigenvalue weighted by molar-refractivity contribution is -0.547. The molecule has 0 saturated carbocycles. The van der Waals surface area contributed by atoms with Crippen LogP contribution in [0.15, 0.2) is 0 Å². The predicted octanol–water partition coefficient (Wildman–Crippen LogP) is -19.3. The van der Waals surface area contributed by atoms with Gasteiger partial charge in [0, 0.05) is 0 Å². The Bertz CT molecular complexity index is 1940. The quantitative estimate of drug-likeness (QED) is 0.0768. The lowest BCUT2D eigenvalue weighted by atomic mass is 9.51. The summed E-state index contributed by atoms with van der Waals surface area (Å²) >= 11 is 0. The van der Waals surface area contributed by atoms with Crippen LogP contribution in [0.4, 0.5) is 0 Å². The average Bonchev–Trinajstić information content (AvgIpc) is 2.77. The smallest absolute Gasteiger partial charge is 0.231 e. The SMILES string of the molecule is OC[C@H]1O[C@](O[C@]2(C3O[C@H](CO)[C@H](O)[C@H](O)[C@H]3O)[C@@H](CO)OC(O)(C3O[C@H](CO)[C@H](O)[C@H](O)[C@H]3O)[C@@](O)(C3O[C@H](CO)[C@H](O)[C@H](O)[C@H]3O)[C@]2(O)C2O[C@H](CO)[C@H](O)[C@H](O)[C@H]2O)(C2O[C@H](CO)[C@H](O)[C@H](O)[C@H]2O)[C@H](O)[C@@H](O)[C@H]1O. The van der Waals surface area contributed by atoms with E-state index in [0.717, 1.165) is 0 Å². The van der Waals surface area contributed by atoms with E-state index in [1.54, 1.807) is 0 Å². The van der Waals surface area contributed by atoms with Crippen LogP contribution in [-0.2, 0) is 37.9 Å². The molecule has 78 heavy (non-hydrogen) atoms. The first-order valence-electron chi connectivity index (χ1n) is 24.5. The maximum absolute atomic E-state index is 14.9. The van der Waals surface area contributed by atoms with E-state index in [4.69, 9.17) is 37.9 Å². The zero-order valence-corrected chi connectivity index (χ0v) is 40.6. The molecule has 36 heteroatoms. The van der Waals surface area contributed by atoms with E-state index in [0.29, 0.717) is 0 Å². The van der Waals surface area contributed by atoms with Gasteiger partial charge >= 0.3 is 0 Å². The van der Waals surface area contributed by atoms with Gasteiger partial charge in [-0.1, -0.05) is 0 Å². The monoisotopic (exact) mass is 1150 g/mol. The number of hydrogen-bond donors (Lipinski definition) is 28. The zero-order chi connectivity index (χ0) is 58.4. The second-order valence-corrected chi connectivity index (χ2v) is 20.6. The highest BCUT2D eigenvalue weighted by Gasteiger charge is 2.91. The molecule has 0 aromatic heterocycles. The summed E-state index contributed by atoms with van der Waals surface area (Å²) in [5.41, 5.74) is -14.9. The topological polar surface area (TPSA) is 640 Å². The second-order valence-electron chi connectivity index (χ2n) is 20.6. The van der Waals surface area contributed by atoms with Gasteiger partial charge < -0.3 is 181 Å². The minimum absolute atomic E-state index is 1.40. The highest BCUT2D eigenvalue weighted by Crippen LogP contribution is 2.63. The van der Waals surface area contributed by atoms with Gasteiger partial charge in [0.05, 0.1) is 46.2 Å². The molecular formula is C42H72O36. The molecule has 0 spiro atoms. The van der Waals surface area contributed by atoms with Crippen LogP contribution in [0.2, 0.25) is 0 Å². The third-order valence-corrected chi connectivity index (χ3v) is 16.5. The number of rotatable bonds is 14. The van der Waals surface area contributed by atoms with Crippen LogP contribution in [0.3, 0.4) is 0 Å². The predicted molar refractivity (Wildman–Crippen MR) is 232 cm³/mol. The Morgan fingerprint density at radius 1 is 0.282 bits per heavy atom.